The van der Waals surface area contributed by atoms with Gasteiger partial charge in [0.25, 0.3) is 0 Å². The highest BCUT2D eigenvalue weighted by Crippen LogP contribution is 2.26. The molecule has 126 valence electrons. The highest BCUT2D eigenvalue weighted by Gasteiger charge is 2.32. The Morgan fingerprint density at radius 1 is 1.42 bits per heavy atom. The lowest BCUT2D eigenvalue weighted by Crippen LogP contribution is -2.42. The Bertz CT molecular complexity index is 762. The minimum atomic E-state index is -0.390. The third-order valence-corrected chi connectivity index (χ3v) is 5.35. The molecular formula is C17H18ClN3O2S. The van der Waals surface area contributed by atoms with Crippen LogP contribution in [0.2, 0.25) is 5.02 Å². The van der Waals surface area contributed by atoms with E-state index in [1.807, 2.05) is 24.3 Å². The predicted molar refractivity (Wildman–Crippen MR) is 95.4 cm³/mol. The number of anilines is 1. The van der Waals surface area contributed by atoms with Crippen LogP contribution in [-0.4, -0.2) is 34.3 Å². The van der Waals surface area contributed by atoms with Crippen LogP contribution in [0, 0.1) is 0 Å². The number of likely N-dealkylation sites (tertiary alicyclic amines) is 1. The number of nitrogens with zero attached hydrogens (tertiary/aromatic N) is 2. The molecule has 7 heteroatoms. The van der Waals surface area contributed by atoms with Crippen molar-refractivity contribution < 1.29 is 9.59 Å². The third kappa shape index (κ3) is 3.76. The van der Waals surface area contributed by atoms with Crippen molar-refractivity contribution in [1.82, 2.24) is 9.88 Å². The van der Waals surface area contributed by atoms with Gasteiger partial charge in [-0.05, 0) is 24.5 Å². The Kier molecular flexibility index (Phi) is 5.16. The van der Waals surface area contributed by atoms with Gasteiger partial charge in [0.05, 0.1) is 0 Å². The molecule has 1 atom stereocenters. The Labute approximate surface area is 149 Å². The normalized spacial score (nSPS) is 17.1. The number of halogens is 1. The number of rotatable bonds is 4. The van der Waals surface area contributed by atoms with Gasteiger partial charge in [-0.1, -0.05) is 29.8 Å². The summed E-state index contributed by atoms with van der Waals surface area (Å²) in [5, 5.41) is 4.11. The number of carbonyl (C=O) groups excluding carboxylic acids is 2. The molecule has 1 N–H and O–H groups in total. The largest absolute Gasteiger partial charge is 0.331 e. The third-order valence-electron chi connectivity index (χ3n) is 4.07. The van der Waals surface area contributed by atoms with Crippen LogP contribution in [0.1, 0.15) is 30.2 Å². The van der Waals surface area contributed by atoms with Crippen molar-refractivity contribution in [3.63, 3.8) is 0 Å². The zero-order chi connectivity index (χ0) is 17.1. The summed E-state index contributed by atoms with van der Waals surface area (Å²) in [5.41, 5.74) is 1.03. The molecule has 0 radical (unpaired) electrons. The molecular weight excluding hydrogens is 346 g/mol. The van der Waals surface area contributed by atoms with Crippen molar-refractivity contribution in [3.05, 3.63) is 45.9 Å². The van der Waals surface area contributed by atoms with E-state index in [4.69, 9.17) is 11.6 Å². The molecule has 2 amide bonds. The fourth-order valence-electron chi connectivity index (χ4n) is 2.88. The monoisotopic (exact) mass is 363 g/mol. The highest BCUT2D eigenvalue weighted by atomic mass is 35.5. The topological polar surface area (TPSA) is 62.3 Å². The van der Waals surface area contributed by atoms with Gasteiger partial charge in [0, 0.05) is 36.0 Å². The second-order valence-electron chi connectivity index (χ2n) is 5.76. The van der Waals surface area contributed by atoms with Crippen LogP contribution in [-0.2, 0) is 16.0 Å². The average molecular weight is 364 g/mol. The fourth-order valence-corrected chi connectivity index (χ4v) is 3.92. The molecule has 1 aliphatic rings. The predicted octanol–water partition coefficient (Wildman–Crippen LogP) is 3.34. The lowest BCUT2D eigenvalue weighted by molar-refractivity contribution is -0.134. The summed E-state index contributed by atoms with van der Waals surface area (Å²) in [7, 11) is 0. The van der Waals surface area contributed by atoms with Gasteiger partial charge < -0.3 is 10.2 Å². The Morgan fingerprint density at radius 3 is 2.96 bits per heavy atom. The summed E-state index contributed by atoms with van der Waals surface area (Å²) in [6.45, 7) is 2.14. The van der Waals surface area contributed by atoms with E-state index in [1.54, 1.807) is 11.1 Å². The molecule has 1 aromatic heterocycles. The van der Waals surface area contributed by atoms with Crippen LogP contribution in [0.5, 0.6) is 0 Å². The van der Waals surface area contributed by atoms with Crippen molar-refractivity contribution in [2.45, 2.75) is 32.2 Å². The molecule has 0 spiro atoms. The molecule has 1 fully saturated rings. The van der Waals surface area contributed by atoms with Crippen LogP contribution in [0.15, 0.2) is 30.5 Å². The average Bonchev–Trinajstić information content (AvgIpc) is 3.19. The highest BCUT2D eigenvalue weighted by molar-refractivity contribution is 7.15. The van der Waals surface area contributed by atoms with E-state index in [1.165, 1.54) is 18.3 Å². The molecule has 2 aromatic rings. The second-order valence-corrected chi connectivity index (χ2v) is 7.28. The number of amides is 2. The van der Waals surface area contributed by atoms with E-state index in [0.717, 1.165) is 21.9 Å². The van der Waals surface area contributed by atoms with Crippen LogP contribution in [0.4, 0.5) is 5.13 Å². The maximum absolute atomic E-state index is 12.4. The number of hydrogen-bond acceptors (Lipinski definition) is 4. The van der Waals surface area contributed by atoms with Crippen molar-refractivity contribution in [2.24, 2.45) is 0 Å². The summed E-state index contributed by atoms with van der Waals surface area (Å²) in [5.74, 6) is -0.229. The van der Waals surface area contributed by atoms with E-state index in [0.29, 0.717) is 24.5 Å². The van der Waals surface area contributed by atoms with Crippen LogP contribution >= 0.6 is 22.9 Å². The molecule has 1 aliphatic heterocycles. The zero-order valence-electron chi connectivity index (χ0n) is 13.3. The standard InChI is InChI=1S/C17H18ClN3O2S/c1-11(22)21-8-4-7-15(21)16(23)20-17-19-10-13(24-17)9-12-5-2-3-6-14(12)18/h2-3,5-6,10,15H,4,7-9H2,1H3,(H,19,20,23)/t15-/m0/s1. The van der Waals surface area contributed by atoms with Crippen LogP contribution < -0.4 is 5.32 Å². The molecule has 0 saturated carbocycles. The lowest BCUT2D eigenvalue weighted by Gasteiger charge is -2.21. The quantitative estimate of drug-likeness (QED) is 0.906. The zero-order valence-corrected chi connectivity index (χ0v) is 14.9. The van der Waals surface area contributed by atoms with Gasteiger partial charge >= 0.3 is 0 Å². The van der Waals surface area contributed by atoms with Crippen molar-refractivity contribution in [1.29, 1.82) is 0 Å². The molecule has 1 saturated heterocycles. The minimum Gasteiger partial charge on any atom is -0.331 e. The summed E-state index contributed by atoms with van der Waals surface area (Å²) < 4.78 is 0. The fraction of sp³-hybridized carbons (Fsp3) is 0.353. The molecule has 0 bridgehead atoms. The van der Waals surface area contributed by atoms with Gasteiger partial charge in [-0.15, -0.1) is 11.3 Å². The molecule has 0 unspecified atom stereocenters. The first kappa shape index (κ1) is 16.9. The smallest absolute Gasteiger partial charge is 0.248 e. The number of aromatic nitrogens is 1. The van der Waals surface area contributed by atoms with E-state index >= 15 is 0 Å². The number of hydrogen-bond donors (Lipinski definition) is 1. The first-order valence-corrected chi connectivity index (χ1v) is 9.00. The van der Waals surface area contributed by atoms with Gasteiger partial charge in [0.2, 0.25) is 11.8 Å². The minimum absolute atomic E-state index is 0.0637. The maximum Gasteiger partial charge on any atom is 0.248 e. The van der Waals surface area contributed by atoms with Gasteiger partial charge in [-0.2, -0.15) is 0 Å². The molecule has 2 heterocycles. The maximum atomic E-state index is 12.4. The Morgan fingerprint density at radius 2 is 2.21 bits per heavy atom. The van der Waals surface area contributed by atoms with E-state index in [2.05, 4.69) is 10.3 Å². The first-order valence-electron chi connectivity index (χ1n) is 7.81. The van der Waals surface area contributed by atoms with Crippen LogP contribution in [0.3, 0.4) is 0 Å². The van der Waals surface area contributed by atoms with E-state index in [-0.39, 0.29) is 11.8 Å². The number of carbonyl (C=O) groups is 2. The summed E-state index contributed by atoms with van der Waals surface area (Å²) in [6.07, 6.45) is 3.98. The second kappa shape index (κ2) is 7.32. The molecule has 0 aliphatic carbocycles. The first-order chi connectivity index (χ1) is 11.5. The summed E-state index contributed by atoms with van der Waals surface area (Å²) >= 11 is 7.60. The van der Waals surface area contributed by atoms with Crippen LogP contribution in [0.25, 0.3) is 0 Å². The van der Waals surface area contributed by atoms with Gasteiger partial charge in [0.1, 0.15) is 6.04 Å². The number of nitrogens with one attached hydrogen (secondary N) is 1. The van der Waals surface area contributed by atoms with Crippen molar-refractivity contribution in [2.75, 3.05) is 11.9 Å². The Balaban J connectivity index is 1.65. The van der Waals surface area contributed by atoms with Gasteiger partial charge in [-0.3, -0.25) is 9.59 Å². The van der Waals surface area contributed by atoms with Gasteiger partial charge in [0.15, 0.2) is 5.13 Å². The molecule has 5 nitrogen and oxygen atoms in total. The molecule has 1 aromatic carbocycles. The van der Waals surface area contributed by atoms with E-state index in [9.17, 15) is 9.59 Å². The van der Waals surface area contributed by atoms with Gasteiger partial charge in [-0.25, -0.2) is 4.98 Å². The number of benzene rings is 1. The van der Waals surface area contributed by atoms with Crippen molar-refractivity contribution >= 4 is 39.9 Å². The molecule has 24 heavy (non-hydrogen) atoms. The van der Waals surface area contributed by atoms with Crippen molar-refractivity contribution in [3.8, 4) is 0 Å². The Hall–Kier alpha value is -1.92. The molecule has 3 rings (SSSR count). The summed E-state index contributed by atoms with van der Waals surface area (Å²) in [4.78, 5) is 30.9. The van der Waals surface area contributed by atoms with E-state index < -0.39 is 6.04 Å². The summed E-state index contributed by atoms with van der Waals surface area (Å²) in [6, 6.07) is 7.28. The lowest BCUT2D eigenvalue weighted by atomic mass is 10.1. The number of thiazole rings is 1. The SMILES string of the molecule is CC(=O)N1CCC[C@H]1C(=O)Nc1ncc(Cc2ccccc2Cl)s1.